The minimum Gasteiger partial charge on any atom is -0.506 e. The number of hydrogen-bond acceptors (Lipinski definition) is 4. The van der Waals surface area contributed by atoms with Crippen LogP contribution in [0.5, 0.6) is 5.75 Å². The number of benzene rings is 3. The molecule has 0 saturated heterocycles. The summed E-state index contributed by atoms with van der Waals surface area (Å²) in [5, 5.41) is 10.8. The summed E-state index contributed by atoms with van der Waals surface area (Å²) in [5.74, 6) is -0.421. The Bertz CT molecular complexity index is 972. The Hall–Kier alpha value is -2.41. The van der Waals surface area contributed by atoms with E-state index in [1.807, 2.05) is 18.2 Å². The molecule has 6 heteroatoms. The highest BCUT2D eigenvalue weighted by Gasteiger charge is 2.16. The largest absolute Gasteiger partial charge is 0.506 e. The van der Waals surface area contributed by atoms with Gasteiger partial charge in [0.25, 0.3) is 10.1 Å². The van der Waals surface area contributed by atoms with E-state index in [1.165, 1.54) is 30.5 Å². The summed E-state index contributed by atoms with van der Waals surface area (Å²) < 4.78 is 30.6. The average Bonchev–Trinajstić information content (AvgIpc) is 2.67. The molecule has 3 aromatic rings. The second-order valence-corrected chi connectivity index (χ2v) is 7.66. The lowest BCUT2D eigenvalue weighted by Crippen LogP contribution is -2.09. The van der Waals surface area contributed by atoms with Crippen molar-refractivity contribution in [2.75, 3.05) is 0 Å². The second-order valence-electron chi connectivity index (χ2n) is 6.27. The van der Waals surface area contributed by atoms with Gasteiger partial charge in [-0.3, -0.25) is 4.55 Å². The smallest absolute Gasteiger partial charge is 0.298 e. The van der Waals surface area contributed by atoms with Crippen molar-refractivity contribution in [2.24, 2.45) is 5.73 Å². The van der Waals surface area contributed by atoms with Gasteiger partial charge in [0.1, 0.15) is 10.6 Å². The van der Waals surface area contributed by atoms with Crippen molar-refractivity contribution in [2.45, 2.75) is 37.1 Å². The maximum atomic E-state index is 10.9. The highest BCUT2D eigenvalue weighted by molar-refractivity contribution is 7.86. The summed E-state index contributed by atoms with van der Waals surface area (Å²) in [6.07, 6.45) is 3.54. The fourth-order valence-electron chi connectivity index (χ4n) is 2.73. The molecule has 27 heavy (non-hydrogen) atoms. The van der Waals surface area contributed by atoms with E-state index >= 15 is 0 Å². The first-order chi connectivity index (χ1) is 12.8. The number of aromatic hydroxyl groups is 1. The van der Waals surface area contributed by atoms with Crippen molar-refractivity contribution in [1.82, 2.24) is 0 Å². The van der Waals surface area contributed by atoms with E-state index in [0.29, 0.717) is 10.8 Å². The predicted octanol–water partition coefficient (Wildman–Crippen LogP) is 4.67. The highest BCUT2D eigenvalue weighted by Crippen LogP contribution is 2.31. The van der Waals surface area contributed by atoms with Gasteiger partial charge in [0.15, 0.2) is 0 Å². The van der Waals surface area contributed by atoms with Crippen LogP contribution in [-0.4, -0.2) is 18.1 Å². The van der Waals surface area contributed by atoms with Gasteiger partial charge in [-0.25, -0.2) is 0 Å². The molecule has 0 aromatic heterocycles. The molecule has 3 aromatic carbocycles. The number of phenolic OH excluding ortho intramolecular Hbond substituents is 1. The van der Waals surface area contributed by atoms with E-state index in [4.69, 9.17) is 10.3 Å². The fourth-order valence-corrected chi connectivity index (χ4v) is 3.33. The zero-order valence-electron chi connectivity index (χ0n) is 15.2. The first-order valence-corrected chi connectivity index (χ1v) is 10.3. The number of nitrogens with two attached hydrogens (primary N) is 1. The van der Waals surface area contributed by atoms with Crippen molar-refractivity contribution in [1.29, 1.82) is 0 Å². The number of fused-ring (bicyclic) bond motifs is 1. The minimum absolute atomic E-state index is 0.228. The topological polar surface area (TPSA) is 101 Å². The Morgan fingerprint density at radius 2 is 1.59 bits per heavy atom. The molecule has 0 radical (unpaired) electrons. The van der Waals surface area contributed by atoms with Crippen molar-refractivity contribution in [3.63, 3.8) is 0 Å². The summed E-state index contributed by atoms with van der Waals surface area (Å²) in [4.78, 5) is -0.471. The van der Waals surface area contributed by atoms with Gasteiger partial charge < -0.3 is 10.8 Å². The van der Waals surface area contributed by atoms with Crippen LogP contribution in [-0.2, 0) is 10.1 Å². The normalized spacial score (nSPS) is 12.3. The van der Waals surface area contributed by atoms with Crippen LogP contribution in [0.2, 0.25) is 0 Å². The number of phenols is 1. The molecule has 4 N–H and O–H groups in total. The molecular formula is C21H25NO4S. The highest BCUT2D eigenvalue weighted by atomic mass is 32.2. The third-order valence-electron chi connectivity index (χ3n) is 4.24. The van der Waals surface area contributed by atoms with Gasteiger partial charge in [0, 0.05) is 11.4 Å². The van der Waals surface area contributed by atoms with E-state index in [9.17, 15) is 13.5 Å². The van der Waals surface area contributed by atoms with Crippen LogP contribution in [0, 0.1) is 0 Å². The van der Waals surface area contributed by atoms with Crippen molar-refractivity contribution in [3.8, 4) is 5.75 Å². The number of hydrogen-bond donors (Lipinski definition) is 3. The number of rotatable bonds is 5. The third-order valence-corrected chi connectivity index (χ3v) is 5.12. The van der Waals surface area contributed by atoms with Gasteiger partial charge in [0.2, 0.25) is 0 Å². The molecule has 5 nitrogen and oxygen atoms in total. The molecule has 0 amide bonds. The Morgan fingerprint density at radius 1 is 0.963 bits per heavy atom. The van der Waals surface area contributed by atoms with Crippen LogP contribution in [0.1, 0.15) is 37.8 Å². The lowest BCUT2D eigenvalue weighted by Gasteiger charge is -2.10. The van der Waals surface area contributed by atoms with Gasteiger partial charge in [-0.05, 0) is 23.4 Å². The molecule has 0 fully saturated rings. The molecule has 1 atom stereocenters. The second kappa shape index (κ2) is 9.50. The van der Waals surface area contributed by atoms with E-state index in [0.717, 1.165) is 6.42 Å². The van der Waals surface area contributed by atoms with E-state index < -0.39 is 20.8 Å². The maximum absolute atomic E-state index is 10.9. The van der Waals surface area contributed by atoms with Gasteiger partial charge in [-0.1, -0.05) is 80.4 Å². The quantitative estimate of drug-likeness (QED) is 0.552. The monoisotopic (exact) mass is 387 g/mol. The zero-order chi connectivity index (χ0) is 19.9. The zero-order valence-corrected chi connectivity index (χ0v) is 16.1. The van der Waals surface area contributed by atoms with Crippen molar-refractivity contribution < 1.29 is 18.1 Å². The summed E-state index contributed by atoms with van der Waals surface area (Å²) in [6, 6.07) is 20.0. The standard InChI is InChI=1S/C11H17N.C10H8O4S/c1-2-3-9-11(12)10-7-5-4-6-8-10;11-10-8-4-2-1-3-7(8)5-6-9(10)15(12,13)14/h4-8,11H,2-3,9,12H2,1H3;1-6,11H,(H,12,13,14). The van der Waals surface area contributed by atoms with Crippen LogP contribution < -0.4 is 5.73 Å². The van der Waals surface area contributed by atoms with E-state index in [-0.39, 0.29) is 6.04 Å². The van der Waals surface area contributed by atoms with Gasteiger partial charge in [-0.2, -0.15) is 8.42 Å². The molecule has 0 bridgehead atoms. The van der Waals surface area contributed by atoms with Gasteiger partial charge >= 0.3 is 0 Å². The average molecular weight is 388 g/mol. The SMILES string of the molecule is CCCCC(N)c1ccccc1.O=S(=O)(O)c1ccc2ccccc2c1O. The molecule has 0 saturated carbocycles. The summed E-state index contributed by atoms with van der Waals surface area (Å²) >= 11 is 0. The maximum Gasteiger partial charge on any atom is 0.298 e. The molecule has 3 rings (SSSR count). The molecular weight excluding hydrogens is 362 g/mol. The summed E-state index contributed by atoms with van der Waals surface area (Å²) in [6.45, 7) is 2.19. The summed E-state index contributed by atoms with van der Waals surface area (Å²) in [5.41, 5.74) is 7.24. The Labute approximate surface area is 160 Å². The molecule has 144 valence electrons. The van der Waals surface area contributed by atoms with Gasteiger partial charge in [-0.15, -0.1) is 0 Å². The van der Waals surface area contributed by atoms with Crippen molar-refractivity contribution in [3.05, 3.63) is 72.3 Å². The predicted molar refractivity (Wildman–Crippen MR) is 108 cm³/mol. The summed E-state index contributed by atoms with van der Waals surface area (Å²) in [7, 11) is -4.37. The molecule has 0 aliphatic heterocycles. The van der Waals surface area contributed by atoms with E-state index in [2.05, 4.69) is 19.1 Å². The van der Waals surface area contributed by atoms with Gasteiger partial charge in [0.05, 0.1) is 0 Å². The molecule has 0 aliphatic carbocycles. The Morgan fingerprint density at radius 3 is 2.22 bits per heavy atom. The van der Waals surface area contributed by atoms with Crippen LogP contribution in [0.4, 0.5) is 0 Å². The Balaban J connectivity index is 0.000000199. The third kappa shape index (κ3) is 5.79. The Kier molecular flexibility index (Phi) is 7.36. The fraction of sp³-hybridized carbons (Fsp3) is 0.238. The minimum atomic E-state index is -4.37. The number of unbranched alkanes of at least 4 members (excludes halogenated alkanes) is 1. The molecule has 0 heterocycles. The van der Waals surface area contributed by atoms with Crippen LogP contribution in [0.25, 0.3) is 10.8 Å². The lowest BCUT2D eigenvalue weighted by atomic mass is 10.0. The van der Waals surface area contributed by atoms with Crippen molar-refractivity contribution >= 4 is 20.9 Å². The van der Waals surface area contributed by atoms with Crippen LogP contribution >= 0.6 is 0 Å². The molecule has 0 spiro atoms. The van der Waals surface area contributed by atoms with Crippen LogP contribution in [0.15, 0.2) is 71.6 Å². The lowest BCUT2D eigenvalue weighted by molar-refractivity contribution is 0.448. The molecule has 0 aliphatic rings. The van der Waals surface area contributed by atoms with Crippen LogP contribution in [0.3, 0.4) is 0 Å². The first-order valence-electron chi connectivity index (χ1n) is 8.83. The first kappa shape index (κ1) is 20.9. The molecule has 1 unspecified atom stereocenters. The van der Waals surface area contributed by atoms with E-state index in [1.54, 1.807) is 24.3 Å².